The van der Waals surface area contributed by atoms with E-state index in [-0.39, 0.29) is 23.3 Å². The Morgan fingerprint density at radius 3 is 2.39 bits per heavy atom. The van der Waals surface area contributed by atoms with Gasteiger partial charge in [0.25, 0.3) is 0 Å². The van der Waals surface area contributed by atoms with Gasteiger partial charge in [0.05, 0.1) is 23.7 Å². The Bertz CT molecular complexity index is 1150. The van der Waals surface area contributed by atoms with Crippen LogP contribution in [0, 0.1) is 5.82 Å². The summed E-state index contributed by atoms with van der Waals surface area (Å²) in [5, 5.41) is 0. The van der Waals surface area contributed by atoms with Gasteiger partial charge in [0, 0.05) is 45.1 Å². The van der Waals surface area contributed by atoms with E-state index in [0.717, 1.165) is 5.56 Å². The smallest absolute Gasteiger partial charge is 0.240 e. The Labute approximate surface area is 193 Å². The summed E-state index contributed by atoms with van der Waals surface area (Å²) in [6.45, 7) is 2.81. The maximum absolute atomic E-state index is 14.2. The molecule has 1 saturated heterocycles. The number of para-hydroxylation sites is 1. The summed E-state index contributed by atoms with van der Waals surface area (Å²) in [7, 11) is -2.17. The normalized spacial score (nSPS) is 15.9. The molecule has 0 radical (unpaired) electrons. The van der Waals surface area contributed by atoms with Crippen molar-refractivity contribution in [3.63, 3.8) is 0 Å². The number of ether oxygens (including phenoxy) is 1. The van der Waals surface area contributed by atoms with Crippen molar-refractivity contribution in [3.05, 3.63) is 84.4 Å². The summed E-state index contributed by atoms with van der Waals surface area (Å²) in [5.74, 6) is 0.358. The number of halogens is 1. The van der Waals surface area contributed by atoms with Gasteiger partial charge in [-0.25, -0.2) is 17.5 Å². The fraction of sp³-hybridized carbons (Fsp3) is 0.292. The van der Waals surface area contributed by atoms with Crippen LogP contribution in [0.15, 0.2) is 78.0 Å². The number of sulfonamides is 1. The summed E-state index contributed by atoms with van der Waals surface area (Å²) < 4.78 is 47.8. The predicted octanol–water partition coefficient (Wildman–Crippen LogP) is 3.07. The van der Waals surface area contributed by atoms with E-state index in [9.17, 15) is 12.8 Å². The molecule has 0 aliphatic carbocycles. The van der Waals surface area contributed by atoms with Gasteiger partial charge in [-0.3, -0.25) is 9.88 Å². The molecule has 174 valence electrons. The first-order chi connectivity index (χ1) is 16.0. The zero-order chi connectivity index (χ0) is 23.3. The SMILES string of the molecule is COc1ccc(S(=O)(=O)NC[C@@H](c2cccnc2)N2CCN(c3ccccc3F)CC2)cc1. The van der Waals surface area contributed by atoms with E-state index in [1.807, 2.05) is 23.1 Å². The molecule has 4 rings (SSSR count). The largest absolute Gasteiger partial charge is 0.497 e. The van der Waals surface area contributed by atoms with Crippen LogP contribution in [-0.4, -0.2) is 58.1 Å². The molecule has 0 unspecified atom stereocenters. The zero-order valence-electron chi connectivity index (χ0n) is 18.4. The molecule has 1 aliphatic heterocycles. The molecule has 0 bridgehead atoms. The number of nitrogens with zero attached hydrogens (tertiary/aromatic N) is 3. The molecule has 7 nitrogen and oxygen atoms in total. The quantitative estimate of drug-likeness (QED) is 0.546. The van der Waals surface area contributed by atoms with Crippen molar-refractivity contribution < 1.29 is 17.5 Å². The van der Waals surface area contributed by atoms with Gasteiger partial charge >= 0.3 is 0 Å². The van der Waals surface area contributed by atoms with E-state index in [1.54, 1.807) is 36.7 Å². The highest BCUT2D eigenvalue weighted by Gasteiger charge is 2.28. The fourth-order valence-electron chi connectivity index (χ4n) is 4.04. The van der Waals surface area contributed by atoms with Gasteiger partial charge in [-0.15, -0.1) is 0 Å². The molecule has 1 atom stereocenters. The van der Waals surface area contributed by atoms with Gasteiger partial charge in [-0.1, -0.05) is 18.2 Å². The number of pyridine rings is 1. The van der Waals surface area contributed by atoms with Gasteiger partial charge in [0.2, 0.25) is 10.0 Å². The highest BCUT2D eigenvalue weighted by Crippen LogP contribution is 2.25. The Morgan fingerprint density at radius 2 is 1.76 bits per heavy atom. The number of methoxy groups -OCH3 is 1. The Morgan fingerprint density at radius 1 is 1.03 bits per heavy atom. The predicted molar refractivity (Wildman–Crippen MR) is 125 cm³/mol. The third-order valence-electron chi connectivity index (χ3n) is 5.85. The molecule has 0 saturated carbocycles. The van der Waals surface area contributed by atoms with Crippen LogP contribution in [0.4, 0.5) is 10.1 Å². The monoisotopic (exact) mass is 470 g/mol. The average molecular weight is 471 g/mol. The summed E-state index contributed by atoms with van der Waals surface area (Å²) in [5.41, 5.74) is 1.52. The third-order valence-corrected chi connectivity index (χ3v) is 7.29. The average Bonchev–Trinajstić information content (AvgIpc) is 2.85. The number of hydrogen-bond donors (Lipinski definition) is 1. The number of anilines is 1. The topological polar surface area (TPSA) is 74.8 Å². The van der Waals surface area contributed by atoms with E-state index in [4.69, 9.17) is 4.74 Å². The number of aromatic nitrogens is 1. The first kappa shape index (κ1) is 23.2. The lowest BCUT2D eigenvalue weighted by atomic mass is 10.1. The molecule has 1 N–H and O–H groups in total. The van der Waals surface area contributed by atoms with Crippen LogP contribution < -0.4 is 14.4 Å². The van der Waals surface area contributed by atoms with Crippen molar-refractivity contribution >= 4 is 15.7 Å². The molecule has 9 heteroatoms. The number of rotatable bonds is 8. The van der Waals surface area contributed by atoms with Crippen LogP contribution in [0.5, 0.6) is 5.75 Å². The van der Waals surface area contributed by atoms with Crippen LogP contribution in [0.1, 0.15) is 11.6 Å². The number of hydrogen-bond acceptors (Lipinski definition) is 6. The zero-order valence-corrected chi connectivity index (χ0v) is 19.2. The summed E-state index contributed by atoms with van der Waals surface area (Å²) >= 11 is 0. The minimum absolute atomic E-state index is 0.178. The van der Waals surface area contributed by atoms with Crippen LogP contribution in [0.2, 0.25) is 0 Å². The Balaban J connectivity index is 1.48. The van der Waals surface area contributed by atoms with Crippen LogP contribution in [0.3, 0.4) is 0 Å². The summed E-state index contributed by atoms with van der Waals surface area (Å²) in [4.78, 5) is 8.63. The maximum Gasteiger partial charge on any atom is 0.240 e. The van der Waals surface area contributed by atoms with Gasteiger partial charge < -0.3 is 9.64 Å². The second-order valence-electron chi connectivity index (χ2n) is 7.80. The van der Waals surface area contributed by atoms with Crippen molar-refractivity contribution in [2.75, 3.05) is 44.7 Å². The number of benzene rings is 2. The first-order valence-electron chi connectivity index (χ1n) is 10.7. The maximum atomic E-state index is 14.2. The standard InChI is InChI=1S/C24H27FN4O3S/c1-32-20-8-10-21(11-9-20)33(30,31)27-18-24(19-5-4-12-26-17-19)29-15-13-28(14-16-29)23-7-3-2-6-22(23)25/h2-12,17,24,27H,13-16,18H2,1H3/t24-/m0/s1. The lowest BCUT2D eigenvalue weighted by molar-refractivity contribution is 0.186. The minimum atomic E-state index is -3.70. The molecule has 0 spiro atoms. The third kappa shape index (κ3) is 5.50. The lowest BCUT2D eigenvalue weighted by Gasteiger charge is -2.40. The van der Waals surface area contributed by atoms with E-state index in [0.29, 0.717) is 37.6 Å². The summed E-state index contributed by atoms with van der Waals surface area (Å²) in [6.07, 6.45) is 3.45. The van der Waals surface area contributed by atoms with Crippen molar-refractivity contribution in [2.45, 2.75) is 10.9 Å². The molecular formula is C24H27FN4O3S. The fourth-order valence-corrected chi connectivity index (χ4v) is 5.08. The molecule has 3 aromatic rings. The van der Waals surface area contributed by atoms with Crippen molar-refractivity contribution in [1.82, 2.24) is 14.6 Å². The van der Waals surface area contributed by atoms with E-state index in [2.05, 4.69) is 14.6 Å². The van der Waals surface area contributed by atoms with Crippen molar-refractivity contribution in [2.24, 2.45) is 0 Å². The number of piperazine rings is 1. The highest BCUT2D eigenvalue weighted by molar-refractivity contribution is 7.89. The first-order valence-corrected chi connectivity index (χ1v) is 12.2. The lowest BCUT2D eigenvalue weighted by Crippen LogP contribution is -2.50. The van der Waals surface area contributed by atoms with E-state index >= 15 is 0 Å². The molecule has 2 heterocycles. The molecular weight excluding hydrogens is 443 g/mol. The highest BCUT2D eigenvalue weighted by atomic mass is 32.2. The minimum Gasteiger partial charge on any atom is -0.497 e. The second kappa shape index (κ2) is 10.3. The van der Waals surface area contributed by atoms with E-state index in [1.165, 1.54) is 25.3 Å². The summed E-state index contributed by atoms with van der Waals surface area (Å²) in [6, 6.07) is 16.6. The van der Waals surface area contributed by atoms with Crippen LogP contribution in [0.25, 0.3) is 0 Å². The molecule has 1 aromatic heterocycles. The Kier molecular flexibility index (Phi) is 7.22. The van der Waals surface area contributed by atoms with Gasteiger partial charge in [0.1, 0.15) is 11.6 Å². The molecule has 2 aromatic carbocycles. The number of nitrogens with one attached hydrogen (secondary N) is 1. The van der Waals surface area contributed by atoms with Crippen LogP contribution in [-0.2, 0) is 10.0 Å². The van der Waals surface area contributed by atoms with Gasteiger partial charge in [-0.05, 0) is 48.0 Å². The molecule has 1 aliphatic rings. The Hall–Kier alpha value is -3.01. The van der Waals surface area contributed by atoms with Crippen molar-refractivity contribution in [3.8, 4) is 5.75 Å². The molecule has 0 amide bonds. The molecule has 33 heavy (non-hydrogen) atoms. The molecule has 1 fully saturated rings. The van der Waals surface area contributed by atoms with Gasteiger partial charge in [0.15, 0.2) is 0 Å². The second-order valence-corrected chi connectivity index (χ2v) is 9.57. The van der Waals surface area contributed by atoms with Crippen LogP contribution >= 0.6 is 0 Å². The van der Waals surface area contributed by atoms with Gasteiger partial charge in [-0.2, -0.15) is 0 Å². The van der Waals surface area contributed by atoms with E-state index < -0.39 is 10.0 Å². The van der Waals surface area contributed by atoms with Crippen molar-refractivity contribution in [1.29, 1.82) is 0 Å².